The summed E-state index contributed by atoms with van der Waals surface area (Å²) in [4.78, 5) is 16.8. The van der Waals surface area contributed by atoms with Gasteiger partial charge >= 0.3 is 0 Å². The number of nitrogens with zero attached hydrogens (tertiary/aromatic N) is 4. The Labute approximate surface area is 190 Å². The van der Waals surface area contributed by atoms with Crippen molar-refractivity contribution in [3.63, 3.8) is 0 Å². The molecule has 2 aromatic carbocycles. The van der Waals surface area contributed by atoms with Crippen molar-refractivity contribution in [1.29, 1.82) is 0 Å². The van der Waals surface area contributed by atoms with E-state index in [9.17, 15) is 4.79 Å². The summed E-state index contributed by atoms with van der Waals surface area (Å²) in [6.07, 6.45) is 3.45. The number of pyridine rings is 1. The predicted octanol–water partition coefficient (Wildman–Crippen LogP) is 4.77. The molecular formula is C24H23N5O2S. The quantitative estimate of drug-likeness (QED) is 0.394. The summed E-state index contributed by atoms with van der Waals surface area (Å²) >= 11 is 1.32. The van der Waals surface area contributed by atoms with Crippen LogP contribution in [0.4, 0.5) is 5.69 Å². The van der Waals surface area contributed by atoms with Crippen LogP contribution in [0.3, 0.4) is 0 Å². The molecule has 4 rings (SSSR count). The third-order valence-corrected chi connectivity index (χ3v) is 5.64. The van der Waals surface area contributed by atoms with Gasteiger partial charge in [-0.2, -0.15) is 0 Å². The Morgan fingerprint density at radius 2 is 1.88 bits per heavy atom. The molecule has 2 aromatic heterocycles. The molecule has 0 saturated carbocycles. The number of rotatable bonds is 8. The number of amides is 1. The first-order valence-corrected chi connectivity index (χ1v) is 11.2. The molecule has 1 amide bonds. The van der Waals surface area contributed by atoms with Gasteiger partial charge in [0.15, 0.2) is 11.0 Å². The summed E-state index contributed by atoms with van der Waals surface area (Å²) in [5, 5.41) is 12.3. The van der Waals surface area contributed by atoms with Crippen LogP contribution in [-0.4, -0.2) is 38.0 Å². The Bertz CT molecular complexity index is 1210. The largest absolute Gasteiger partial charge is 0.492 e. The number of thioether (sulfide) groups is 1. The molecule has 0 bridgehead atoms. The minimum atomic E-state index is -0.111. The Kier molecular flexibility index (Phi) is 6.81. The third-order valence-electron chi connectivity index (χ3n) is 4.71. The van der Waals surface area contributed by atoms with Crippen LogP contribution in [-0.2, 0) is 4.79 Å². The van der Waals surface area contributed by atoms with Gasteiger partial charge in [-0.1, -0.05) is 42.1 Å². The second-order valence-electron chi connectivity index (χ2n) is 6.94. The second-order valence-corrected chi connectivity index (χ2v) is 7.88. The molecule has 0 aliphatic rings. The first kappa shape index (κ1) is 21.6. The van der Waals surface area contributed by atoms with Crippen molar-refractivity contribution in [2.24, 2.45) is 0 Å². The van der Waals surface area contributed by atoms with Crippen LogP contribution in [0, 0.1) is 6.92 Å². The molecular weight excluding hydrogens is 422 g/mol. The monoisotopic (exact) mass is 445 g/mol. The fourth-order valence-electron chi connectivity index (χ4n) is 3.21. The number of carbonyl (C=O) groups is 1. The maximum atomic E-state index is 12.6. The van der Waals surface area contributed by atoms with Crippen molar-refractivity contribution in [3.8, 4) is 22.8 Å². The van der Waals surface area contributed by atoms with Crippen LogP contribution in [0.25, 0.3) is 17.1 Å². The number of carbonyl (C=O) groups excluding carboxylic acids is 1. The summed E-state index contributed by atoms with van der Waals surface area (Å²) in [7, 11) is 0. The summed E-state index contributed by atoms with van der Waals surface area (Å²) in [6, 6.07) is 19.2. The number of benzene rings is 2. The highest BCUT2D eigenvalue weighted by molar-refractivity contribution is 7.99. The number of hydrogen-bond acceptors (Lipinski definition) is 6. The van der Waals surface area contributed by atoms with Crippen molar-refractivity contribution in [3.05, 3.63) is 78.6 Å². The van der Waals surface area contributed by atoms with Gasteiger partial charge in [-0.25, -0.2) is 0 Å². The molecule has 0 spiro atoms. The van der Waals surface area contributed by atoms with Gasteiger partial charge in [-0.15, -0.1) is 10.2 Å². The Balaban J connectivity index is 1.65. The zero-order chi connectivity index (χ0) is 22.3. The fraction of sp³-hybridized carbons (Fsp3) is 0.167. The van der Waals surface area contributed by atoms with Gasteiger partial charge in [0, 0.05) is 23.6 Å². The molecule has 0 radical (unpaired) electrons. The van der Waals surface area contributed by atoms with E-state index in [1.54, 1.807) is 12.4 Å². The van der Waals surface area contributed by atoms with E-state index in [4.69, 9.17) is 4.74 Å². The van der Waals surface area contributed by atoms with Gasteiger partial charge in [0.25, 0.3) is 0 Å². The van der Waals surface area contributed by atoms with E-state index < -0.39 is 0 Å². The van der Waals surface area contributed by atoms with Crippen LogP contribution < -0.4 is 10.1 Å². The van der Waals surface area contributed by atoms with E-state index in [-0.39, 0.29) is 11.7 Å². The Morgan fingerprint density at radius 1 is 1.06 bits per heavy atom. The molecule has 0 atom stereocenters. The summed E-state index contributed by atoms with van der Waals surface area (Å²) in [5.74, 6) is 1.43. The average Bonchev–Trinajstić information content (AvgIpc) is 3.24. The van der Waals surface area contributed by atoms with E-state index >= 15 is 0 Å². The average molecular weight is 446 g/mol. The van der Waals surface area contributed by atoms with Gasteiger partial charge in [-0.05, 0) is 49.7 Å². The second kappa shape index (κ2) is 10.1. The smallest absolute Gasteiger partial charge is 0.234 e. The van der Waals surface area contributed by atoms with Crippen LogP contribution >= 0.6 is 11.8 Å². The summed E-state index contributed by atoms with van der Waals surface area (Å²) in [5.41, 5.74) is 3.44. The topological polar surface area (TPSA) is 81.9 Å². The van der Waals surface area contributed by atoms with E-state index in [1.165, 1.54) is 11.8 Å². The normalized spacial score (nSPS) is 10.7. The van der Waals surface area contributed by atoms with Crippen LogP contribution in [0.2, 0.25) is 0 Å². The number of nitrogens with one attached hydrogen (secondary N) is 1. The van der Waals surface area contributed by atoms with E-state index in [1.807, 2.05) is 79.1 Å². The number of ether oxygens (including phenoxy) is 1. The molecule has 32 heavy (non-hydrogen) atoms. The Hall–Kier alpha value is -3.65. The number of anilines is 1. The molecule has 0 aliphatic carbocycles. The standard InChI is InChI=1S/C24H23N5O2S/c1-3-31-21-13-7-6-12-20(21)29-23(18-10-8-14-25-15-18)27-28-24(29)32-16-22(30)26-19-11-5-4-9-17(19)2/h4-15H,3,16H2,1-2H3,(H,26,30). The Morgan fingerprint density at radius 3 is 2.66 bits per heavy atom. The first-order chi connectivity index (χ1) is 15.7. The van der Waals surface area contributed by atoms with Crippen molar-refractivity contribution in [1.82, 2.24) is 19.7 Å². The third kappa shape index (κ3) is 4.81. The molecule has 7 nitrogen and oxygen atoms in total. The molecule has 0 fully saturated rings. The highest BCUT2D eigenvalue weighted by Gasteiger charge is 2.20. The van der Waals surface area contributed by atoms with Crippen molar-refractivity contribution < 1.29 is 9.53 Å². The summed E-state index contributed by atoms with van der Waals surface area (Å²) < 4.78 is 7.75. The van der Waals surface area contributed by atoms with Crippen molar-refractivity contribution >= 4 is 23.4 Å². The maximum Gasteiger partial charge on any atom is 0.234 e. The molecule has 0 unspecified atom stereocenters. The van der Waals surface area contributed by atoms with Crippen LogP contribution in [0.15, 0.2) is 78.2 Å². The number of hydrogen-bond donors (Lipinski definition) is 1. The SMILES string of the molecule is CCOc1ccccc1-n1c(SCC(=O)Nc2ccccc2C)nnc1-c1cccnc1. The number of aryl methyl sites for hydroxylation is 1. The molecule has 0 saturated heterocycles. The lowest BCUT2D eigenvalue weighted by Crippen LogP contribution is -2.15. The van der Waals surface area contributed by atoms with Crippen molar-refractivity contribution in [2.45, 2.75) is 19.0 Å². The lowest BCUT2D eigenvalue weighted by atomic mass is 10.2. The molecule has 0 aliphatic heterocycles. The minimum Gasteiger partial charge on any atom is -0.492 e. The van der Waals surface area contributed by atoms with E-state index in [0.717, 1.165) is 22.5 Å². The fourth-order valence-corrected chi connectivity index (χ4v) is 3.96. The highest BCUT2D eigenvalue weighted by atomic mass is 32.2. The van der Waals surface area contributed by atoms with Gasteiger partial charge in [0.2, 0.25) is 5.91 Å². The minimum absolute atomic E-state index is 0.111. The zero-order valence-corrected chi connectivity index (χ0v) is 18.7. The maximum absolute atomic E-state index is 12.6. The lowest BCUT2D eigenvalue weighted by molar-refractivity contribution is -0.113. The number of aromatic nitrogens is 4. The molecule has 1 N–H and O–H groups in total. The highest BCUT2D eigenvalue weighted by Crippen LogP contribution is 2.32. The van der Waals surface area contributed by atoms with Crippen molar-refractivity contribution in [2.75, 3.05) is 17.7 Å². The molecule has 162 valence electrons. The zero-order valence-electron chi connectivity index (χ0n) is 17.9. The van der Waals surface area contributed by atoms with Crippen LogP contribution in [0.1, 0.15) is 12.5 Å². The molecule has 8 heteroatoms. The van der Waals surface area contributed by atoms with Gasteiger partial charge in [0.1, 0.15) is 5.75 Å². The predicted molar refractivity (Wildman–Crippen MR) is 126 cm³/mol. The van der Waals surface area contributed by atoms with E-state index in [0.29, 0.717) is 23.3 Å². The summed E-state index contributed by atoms with van der Waals surface area (Å²) in [6.45, 7) is 4.43. The molecule has 4 aromatic rings. The van der Waals surface area contributed by atoms with Crippen LogP contribution in [0.5, 0.6) is 5.75 Å². The van der Waals surface area contributed by atoms with Gasteiger partial charge < -0.3 is 10.1 Å². The van der Waals surface area contributed by atoms with Gasteiger partial charge in [0.05, 0.1) is 18.0 Å². The van der Waals surface area contributed by atoms with Gasteiger partial charge in [-0.3, -0.25) is 14.3 Å². The number of para-hydroxylation sites is 3. The lowest BCUT2D eigenvalue weighted by Gasteiger charge is -2.14. The van der Waals surface area contributed by atoms with E-state index in [2.05, 4.69) is 20.5 Å². The molecule has 2 heterocycles. The first-order valence-electron chi connectivity index (χ1n) is 10.2.